The van der Waals surface area contributed by atoms with Gasteiger partial charge in [-0.1, -0.05) is 31.0 Å². The zero-order valence-electron chi connectivity index (χ0n) is 12.1. The molecule has 6 nitrogen and oxygen atoms in total. The summed E-state index contributed by atoms with van der Waals surface area (Å²) >= 11 is 1.33. The van der Waals surface area contributed by atoms with Crippen LogP contribution in [0.25, 0.3) is 0 Å². The van der Waals surface area contributed by atoms with Gasteiger partial charge in [-0.25, -0.2) is 5.10 Å². The van der Waals surface area contributed by atoms with E-state index in [2.05, 4.69) is 29.0 Å². The number of hydrogen-bond acceptors (Lipinski definition) is 5. The normalized spacial score (nSPS) is 16.6. The maximum Gasteiger partial charge on any atom is 0.233 e. The van der Waals surface area contributed by atoms with Gasteiger partial charge in [-0.15, -0.1) is 5.10 Å². The van der Waals surface area contributed by atoms with Crippen molar-refractivity contribution in [2.45, 2.75) is 63.2 Å². The first-order valence-corrected chi connectivity index (χ1v) is 8.18. The quantitative estimate of drug-likeness (QED) is 0.812. The molecule has 0 bridgehead atoms. The van der Waals surface area contributed by atoms with Gasteiger partial charge in [-0.3, -0.25) is 4.79 Å². The summed E-state index contributed by atoms with van der Waals surface area (Å²) in [6.45, 7) is 4.17. The Labute approximate surface area is 123 Å². The monoisotopic (exact) mass is 297 g/mol. The molecule has 1 heterocycles. The Bertz CT molecular complexity index is 442. The molecule has 1 aromatic heterocycles. The highest BCUT2D eigenvalue weighted by Gasteiger charge is 2.27. The minimum atomic E-state index is 0.167. The molecule has 1 aliphatic rings. The number of hydrogen-bond donors (Lipinski definition) is 2. The number of amides is 1. The average molecular weight is 297 g/mol. The first kappa shape index (κ1) is 15.2. The molecule has 0 atom stereocenters. The van der Waals surface area contributed by atoms with E-state index >= 15 is 0 Å². The van der Waals surface area contributed by atoms with E-state index < -0.39 is 0 Å². The van der Waals surface area contributed by atoms with Gasteiger partial charge in [0, 0.05) is 12.1 Å². The molecule has 7 heteroatoms. The molecule has 1 aromatic rings. The summed E-state index contributed by atoms with van der Waals surface area (Å²) in [6.07, 6.45) is 6.00. The number of carbonyl (C=O) groups excluding carboxylic acids is 1. The summed E-state index contributed by atoms with van der Waals surface area (Å²) < 4.78 is 0. The Kier molecular flexibility index (Phi) is 5.28. The van der Waals surface area contributed by atoms with Crippen LogP contribution >= 0.6 is 11.8 Å². The van der Waals surface area contributed by atoms with E-state index in [9.17, 15) is 4.79 Å². The Balaban J connectivity index is 1.92. The van der Waals surface area contributed by atoms with Crippen LogP contribution in [0.4, 0.5) is 5.95 Å². The zero-order valence-corrected chi connectivity index (χ0v) is 12.9. The maximum absolute atomic E-state index is 12.5. The molecule has 112 valence electrons. The fourth-order valence-electron chi connectivity index (χ4n) is 2.80. The largest absolute Gasteiger partial charge is 0.368 e. The van der Waals surface area contributed by atoms with Gasteiger partial charge in [0.2, 0.25) is 17.0 Å². The molecule has 0 aliphatic heterocycles. The molecule has 0 radical (unpaired) electrons. The minimum Gasteiger partial charge on any atom is -0.368 e. The molecular formula is C13H23N5OS. The van der Waals surface area contributed by atoms with Gasteiger partial charge in [0.05, 0.1) is 5.75 Å². The van der Waals surface area contributed by atoms with Crippen LogP contribution in [0, 0.1) is 0 Å². The van der Waals surface area contributed by atoms with Crippen LogP contribution in [0.1, 0.15) is 46.0 Å². The van der Waals surface area contributed by atoms with Gasteiger partial charge < -0.3 is 10.6 Å². The van der Waals surface area contributed by atoms with Gasteiger partial charge in [-0.05, 0) is 26.7 Å². The Morgan fingerprint density at radius 3 is 2.70 bits per heavy atom. The van der Waals surface area contributed by atoms with E-state index in [0.29, 0.717) is 17.0 Å². The van der Waals surface area contributed by atoms with Crippen molar-refractivity contribution < 1.29 is 4.79 Å². The highest BCUT2D eigenvalue weighted by Crippen LogP contribution is 2.25. The van der Waals surface area contributed by atoms with Crippen LogP contribution in [0.2, 0.25) is 0 Å². The second kappa shape index (κ2) is 6.97. The van der Waals surface area contributed by atoms with Gasteiger partial charge in [-0.2, -0.15) is 4.98 Å². The summed E-state index contributed by atoms with van der Waals surface area (Å²) in [5, 5.41) is 7.04. The van der Waals surface area contributed by atoms with Crippen molar-refractivity contribution in [3.8, 4) is 0 Å². The summed E-state index contributed by atoms with van der Waals surface area (Å²) in [5.41, 5.74) is 5.47. The number of nitrogens with zero attached hydrogens (tertiary/aromatic N) is 3. The third kappa shape index (κ3) is 3.88. The van der Waals surface area contributed by atoms with Crippen molar-refractivity contribution in [1.29, 1.82) is 0 Å². The molecule has 1 saturated carbocycles. The molecule has 1 amide bonds. The van der Waals surface area contributed by atoms with Crippen molar-refractivity contribution >= 4 is 23.6 Å². The number of thioether (sulfide) groups is 1. The fourth-order valence-corrected chi connectivity index (χ4v) is 3.47. The van der Waals surface area contributed by atoms with Gasteiger partial charge >= 0.3 is 0 Å². The van der Waals surface area contributed by atoms with Crippen molar-refractivity contribution in [1.82, 2.24) is 20.1 Å². The zero-order chi connectivity index (χ0) is 14.5. The SMILES string of the molecule is CC(C)N(C(=O)CSc1n[nH]c(N)n1)C1CCCCC1. The summed E-state index contributed by atoms with van der Waals surface area (Å²) in [6, 6.07) is 0.637. The topological polar surface area (TPSA) is 87.9 Å². The van der Waals surface area contributed by atoms with Crippen LogP contribution in [0.5, 0.6) is 0 Å². The molecule has 0 saturated heterocycles. The Morgan fingerprint density at radius 1 is 1.45 bits per heavy atom. The van der Waals surface area contributed by atoms with Crippen molar-refractivity contribution in [2.75, 3.05) is 11.5 Å². The molecule has 1 aliphatic carbocycles. The van der Waals surface area contributed by atoms with Crippen molar-refractivity contribution in [3.63, 3.8) is 0 Å². The van der Waals surface area contributed by atoms with Crippen LogP contribution in [0.15, 0.2) is 5.16 Å². The third-order valence-electron chi connectivity index (χ3n) is 3.62. The Morgan fingerprint density at radius 2 is 2.15 bits per heavy atom. The Hall–Kier alpha value is -1.24. The number of anilines is 1. The van der Waals surface area contributed by atoms with Crippen molar-refractivity contribution in [3.05, 3.63) is 0 Å². The number of aromatic amines is 1. The van der Waals surface area contributed by atoms with Gasteiger partial charge in [0.15, 0.2) is 0 Å². The molecule has 1 fully saturated rings. The highest BCUT2D eigenvalue weighted by atomic mass is 32.2. The van der Waals surface area contributed by atoms with Crippen molar-refractivity contribution in [2.24, 2.45) is 0 Å². The number of aromatic nitrogens is 3. The molecule has 20 heavy (non-hydrogen) atoms. The van der Waals surface area contributed by atoms with Crippen LogP contribution in [0.3, 0.4) is 0 Å². The lowest BCUT2D eigenvalue weighted by Gasteiger charge is -2.37. The summed E-state index contributed by atoms with van der Waals surface area (Å²) in [4.78, 5) is 18.5. The first-order valence-electron chi connectivity index (χ1n) is 7.19. The molecule has 0 aromatic carbocycles. The molecule has 0 spiro atoms. The third-order valence-corrected chi connectivity index (χ3v) is 4.45. The van der Waals surface area contributed by atoms with E-state index in [0.717, 1.165) is 12.8 Å². The molecular weight excluding hydrogens is 274 g/mol. The number of nitrogen functional groups attached to an aromatic ring is 1. The maximum atomic E-state index is 12.5. The number of nitrogens with two attached hydrogens (primary N) is 1. The lowest BCUT2D eigenvalue weighted by molar-refractivity contribution is -0.133. The van der Waals surface area contributed by atoms with E-state index in [4.69, 9.17) is 5.73 Å². The standard InChI is InChI=1S/C13H23N5OS/c1-9(2)18(10-6-4-3-5-7-10)11(19)8-20-13-15-12(14)16-17-13/h9-10H,3-8H2,1-2H3,(H3,14,15,16,17). The predicted octanol–water partition coefficient (Wildman–Crippen LogP) is 2.05. The molecule has 0 unspecified atom stereocenters. The fraction of sp³-hybridized carbons (Fsp3) is 0.769. The molecule has 2 rings (SSSR count). The lowest BCUT2D eigenvalue weighted by atomic mass is 9.93. The second-order valence-corrected chi connectivity index (χ2v) is 6.42. The van der Waals surface area contributed by atoms with E-state index in [-0.39, 0.29) is 17.9 Å². The van der Waals surface area contributed by atoms with Gasteiger partial charge in [0.25, 0.3) is 0 Å². The smallest absolute Gasteiger partial charge is 0.233 e. The van der Waals surface area contributed by atoms with Crippen LogP contribution in [-0.4, -0.2) is 43.8 Å². The lowest BCUT2D eigenvalue weighted by Crippen LogP contribution is -2.46. The van der Waals surface area contributed by atoms with Crippen LogP contribution < -0.4 is 5.73 Å². The number of nitrogens with one attached hydrogen (secondary N) is 1. The number of carbonyl (C=O) groups is 1. The second-order valence-electron chi connectivity index (χ2n) is 5.48. The number of H-pyrrole nitrogens is 1. The average Bonchev–Trinajstić information content (AvgIpc) is 2.83. The minimum absolute atomic E-state index is 0.167. The predicted molar refractivity (Wildman–Crippen MR) is 80.4 cm³/mol. The number of rotatable bonds is 5. The summed E-state index contributed by atoms with van der Waals surface area (Å²) in [7, 11) is 0. The summed E-state index contributed by atoms with van der Waals surface area (Å²) in [5.74, 6) is 0.819. The van der Waals surface area contributed by atoms with E-state index in [1.54, 1.807) is 0 Å². The first-order chi connectivity index (χ1) is 9.58. The van der Waals surface area contributed by atoms with Gasteiger partial charge in [0.1, 0.15) is 0 Å². The molecule has 3 N–H and O–H groups in total. The van der Waals surface area contributed by atoms with E-state index in [1.165, 1.54) is 31.0 Å². The highest BCUT2D eigenvalue weighted by molar-refractivity contribution is 7.99. The van der Waals surface area contributed by atoms with Crippen LogP contribution in [-0.2, 0) is 4.79 Å². The van der Waals surface area contributed by atoms with E-state index in [1.807, 2.05) is 4.90 Å².